The maximum atomic E-state index is 12.1. The van der Waals surface area contributed by atoms with Crippen LogP contribution in [0.5, 0.6) is 0 Å². The van der Waals surface area contributed by atoms with Gasteiger partial charge in [-0.25, -0.2) is 4.98 Å². The van der Waals surface area contributed by atoms with Crippen LogP contribution in [-0.2, 0) is 0 Å². The van der Waals surface area contributed by atoms with E-state index in [1.807, 2.05) is 43.5 Å². The lowest BCUT2D eigenvalue weighted by Gasteiger charge is -2.07. The first-order valence-corrected chi connectivity index (χ1v) is 7.69. The van der Waals surface area contributed by atoms with Crippen molar-refractivity contribution in [2.75, 3.05) is 11.6 Å². The standard InChI is InChI=1S/C14H13BrN2OS/c1-9-7-11(8-16-13(9)15)17-14(18)10-3-5-12(19-2)6-4-10/h3-8H,1-2H3,(H,17,18). The van der Waals surface area contributed by atoms with Crippen LogP contribution in [0.4, 0.5) is 5.69 Å². The maximum Gasteiger partial charge on any atom is 0.255 e. The predicted octanol–water partition coefficient (Wildman–Crippen LogP) is 4.13. The van der Waals surface area contributed by atoms with E-state index in [2.05, 4.69) is 26.2 Å². The first-order valence-electron chi connectivity index (χ1n) is 5.67. The molecule has 2 aromatic rings. The SMILES string of the molecule is CSc1ccc(C(=O)Nc2cnc(Br)c(C)c2)cc1. The number of anilines is 1. The summed E-state index contributed by atoms with van der Waals surface area (Å²) < 4.78 is 0.787. The van der Waals surface area contributed by atoms with Crippen LogP contribution in [0.3, 0.4) is 0 Å². The number of rotatable bonds is 3. The zero-order valence-electron chi connectivity index (χ0n) is 10.6. The van der Waals surface area contributed by atoms with E-state index in [0.29, 0.717) is 11.3 Å². The number of nitrogens with one attached hydrogen (secondary N) is 1. The number of halogens is 1. The lowest BCUT2D eigenvalue weighted by atomic mass is 10.2. The number of pyridine rings is 1. The summed E-state index contributed by atoms with van der Waals surface area (Å²) >= 11 is 4.98. The summed E-state index contributed by atoms with van der Waals surface area (Å²) in [5.41, 5.74) is 2.31. The van der Waals surface area contributed by atoms with Crippen LogP contribution < -0.4 is 5.32 Å². The molecule has 0 atom stereocenters. The van der Waals surface area contributed by atoms with Gasteiger partial charge in [0, 0.05) is 10.5 Å². The van der Waals surface area contributed by atoms with Gasteiger partial charge in [-0.05, 0) is 65.0 Å². The molecule has 1 amide bonds. The van der Waals surface area contributed by atoms with Gasteiger partial charge < -0.3 is 5.32 Å². The third-order valence-electron chi connectivity index (χ3n) is 2.62. The van der Waals surface area contributed by atoms with Crippen molar-refractivity contribution in [2.24, 2.45) is 0 Å². The van der Waals surface area contributed by atoms with Crippen LogP contribution in [0.2, 0.25) is 0 Å². The fourth-order valence-corrected chi connectivity index (χ4v) is 2.20. The van der Waals surface area contributed by atoms with E-state index in [9.17, 15) is 4.79 Å². The van der Waals surface area contributed by atoms with Crippen LogP contribution >= 0.6 is 27.7 Å². The molecule has 0 aliphatic rings. The summed E-state index contributed by atoms with van der Waals surface area (Å²) in [5, 5.41) is 2.83. The molecule has 98 valence electrons. The highest BCUT2D eigenvalue weighted by Crippen LogP contribution is 2.18. The highest BCUT2D eigenvalue weighted by Gasteiger charge is 2.07. The molecule has 1 N–H and O–H groups in total. The second-order valence-electron chi connectivity index (χ2n) is 4.01. The molecule has 5 heteroatoms. The molecule has 0 saturated heterocycles. The molecule has 0 aliphatic heterocycles. The number of amides is 1. The molecule has 1 aromatic heterocycles. The molecule has 1 heterocycles. The second-order valence-corrected chi connectivity index (χ2v) is 5.65. The number of nitrogens with zero attached hydrogens (tertiary/aromatic N) is 1. The summed E-state index contributed by atoms with van der Waals surface area (Å²) in [6.45, 7) is 1.93. The van der Waals surface area contributed by atoms with Crippen LogP contribution in [0.1, 0.15) is 15.9 Å². The first-order chi connectivity index (χ1) is 9.10. The number of aryl methyl sites for hydroxylation is 1. The van der Waals surface area contributed by atoms with E-state index in [-0.39, 0.29) is 5.91 Å². The Labute approximate surface area is 125 Å². The van der Waals surface area contributed by atoms with Crippen molar-refractivity contribution in [3.63, 3.8) is 0 Å². The molecule has 0 aliphatic carbocycles. The summed E-state index contributed by atoms with van der Waals surface area (Å²) in [6, 6.07) is 9.39. The average molecular weight is 337 g/mol. The number of hydrogen-bond donors (Lipinski definition) is 1. The van der Waals surface area contributed by atoms with Crippen molar-refractivity contribution in [2.45, 2.75) is 11.8 Å². The lowest BCUT2D eigenvalue weighted by molar-refractivity contribution is 0.102. The first kappa shape index (κ1) is 14.1. The Kier molecular flexibility index (Phi) is 4.61. The van der Waals surface area contributed by atoms with E-state index in [4.69, 9.17) is 0 Å². The van der Waals surface area contributed by atoms with Gasteiger partial charge in [-0.1, -0.05) is 0 Å². The van der Waals surface area contributed by atoms with Gasteiger partial charge >= 0.3 is 0 Å². The summed E-state index contributed by atoms with van der Waals surface area (Å²) in [4.78, 5) is 17.3. The lowest BCUT2D eigenvalue weighted by Crippen LogP contribution is -2.12. The van der Waals surface area contributed by atoms with Crippen molar-refractivity contribution in [3.8, 4) is 0 Å². The van der Waals surface area contributed by atoms with Gasteiger partial charge in [0.2, 0.25) is 0 Å². The van der Waals surface area contributed by atoms with Gasteiger partial charge in [-0.3, -0.25) is 4.79 Å². The van der Waals surface area contributed by atoms with Crippen molar-refractivity contribution in [1.82, 2.24) is 4.98 Å². The Morgan fingerprint density at radius 2 is 2.00 bits per heavy atom. The monoisotopic (exact) mass is 336 g/mol. The summed E-state index contributed by atoms with van der Waals surface area (Å²) in [7, 11) is 0. The number of carbonyl (C=O) groups is 1. The number of carbonyl (C=O) groups excluding carboxylic acids is 1. The molecule has 0 saturated carbocycles. The number of benzene rings is 1. The molecular formula is C14H13BrN2OS. The Morgan fingerprint density at radius 1 is 1.32 bits per heavy atom. The summed E-state index contributed by atoms with van der Waals surface area (Å²) in [5.74, 6) is -0.129. The third kappa shape index (κ3) is 3.58. The van der Waals surface area contributed by atoms with E-state index in [0.717, 1.165) is 15.1 Å². The molecule has 19 heavy (non-hydrogen) atoms. The highest BCUT2D eigenvalue weighted by molar-refractivity contribution is 9.10. The van der Waals surface area contributed by atoms with Gasteiger partial charge in [0.05, 0.1) is 11.9 Å². The van der Waals surface area contributed by atoms with Crippen molar-refractivity contribution < 1.29 is 4.79 Å². The van der Waals surface area contributed by atoms with E-state index in [1.165, 1.54) is 0 Å². The molecular weight excluding hydrogens is 324 g/mol. The molecule has 0 spiro atoms. The van der Waals surface area contributed by atoms with Crippen molar-refractivity contribution in [3.05, 3.63) is 52.3 Å². The minimum atomic E-state index is -0.129. The average Bonchev–Trinajstić information content (AvgIpc) is 2.43. The maximum absolute atomic E-state index is 12.1. The van der Waals surface area contributed by atoms with E-state index in [1.54, 1.807) is 18.0 Å². The normalized spacial score (nSPS) is 10.3. The zero-order valence-corrected chi connectivity index (χ0v) is 13.0. The topological polar surface area (TPSA) is 42.0 Å². The van der Waals surface area contributed by atoms with Crippen molar-refractivity contribution >= 4 is 39.3 Å². The number of thioether (sulfide) groups is 1. The largest absolute Gasteiger partial charge is 0.321 e. The Hall–Kier alpha value is -1.33. The quantitative estimate of drug-likeness (QED) is 0.676. The molecule has 0 radical (unpaired) electrons. The second kappa shape index (κ2) is 6.21. The zero-order chi connectivity index (χ0) is 13.8. The predicted molar refractivity (Wildman–Crippen MR) is 82.9 cm³/mol. The molecule has 0 fully saturated rings. The van der Waals surface area contributed by atoms with Gasteiger partial charge in [0.25, 0.3) is 5.91 Å². The van der Waals surface area contributed by atoms with E-state index >= 15 is 0 Å². The molecule has 3 nitrogen and oxygen atoms in total. The molecule has 0 unspecified atom stereocenters. The molecule has 2 rings (SSSR count). The Balaban J connectivity index is 2.13. The van der Waals surface area contributed by atoms with Gasteiger partial charge in [0.1, 0.15) is 4.60 Å². The minimum absolute atomic E-state index is 0.129. The van der Waals surface area contributed by atoms with E-state index < -0.39 is 0 Å². The fraction of sp³-hybridized carbons (Fsp3) is 0.143. The van der Waals surface area contributed by atoms with Crippen molar-refractivity contribution in [1.29, 1.82) is 0 Å². The van der Waals surface area contributed by atoms with Gasteiger partial charge in [0.15, 0.2) is 0 Å². The summed E-state index contributed by atoms with van der Waals surface area (Å²) in [6.07, 6.45) is 3.64. The Bertz CT molecular complexity index is 599. The number of aromatic nitrogens is 1. The van der Waals surface area contributed by atoms with Crippen LogP contribution in [0, 0.1) is 6.92 Å². The van der Waals surface area contributed by atoms with Gasteiger partial charge in [-0.2, -0.15) is 0 Å². The minimum Gasteiger partial charge on any atom is -0.321 e. The number of hydrogen-bond acceptors (Lipinski definition) is 3. The highest BCUT2D eigenvalue weighted by atomic mass is 79.9. The molecule has 1 aromatic carbocycles. The van der Waals surface area contributed by atoms with Crippen LogP contribution in [0.15, 0.2) is 46.0 Å². The van der Waals surface area contributed by atoms with Gasteiger partial charge in [-0.15, -0.1) is 11.8 Å². The Morgan fingerprint density at radius 3 is 2.58 bits per heavy atom. The third-order valence-corrected chi connectivity index (χ3v) is 4.20. The molecule has 0 bridgehead atoms. The fourth-order valence-electron chi connectivity index (χ4n) is 1.57. The smallest absolute Gasteiger partial charge is 0.255 e. The van der Waals surface area contributed by atoms with Crippen LogP contribution in [-0.4, -0.2) is 17.1 Å². The van der Waals surface area contributed by atoms with Crippen LogP contribution in [0.25, 0.3) is 0 Å².